The lowest BCUT2D eigenvalue weighted by atomic mass is 10.2. The number of Topliss-reactive ketones (excluding diaryl/α,β-unsaturated/α-hetero) is 1. The lowest BCUT2D eigenvalue weighted by molar-refractivity contribution is -0.141. The fourth-order valence-electron chi connectivity index (χ4n) is 3.43. The third-order valence-electron chi connectivity index (χ3n) is 5.02. The van der Waals surface area contributed by atoms with Gasteiger partial charge in [0.15, 0.2) is 18.1 Å². The number of esters is 1. The van der Waals surface area contributed by atoms with Gasteiger partial charge in [0.25, 0.3) is 0 Å². The Labute approximate surface area is 186 Å². The summed E-state index contributed by atoms with van der Waals surface area (Å²) < 4.78 is 15.5. The van der Waals surface area contributed by atoms with Gasteiger partial charge in [0.2, 0.25) is 5.78 Å². The summed E-state index contributed by atoms with van der Waals surface area (Å²) in [6, 6.07) is 14.7. The van der Waals surface area contributed by atoms with E-state index in [1.165, 1.54) is 26.4 Å². The Morgan fingerprint density at radius 3 is 2.19 bits per heavy atom. The van der Waals surface area contributed by atoms with E-state index in [4.69, 9.17) is 14.2 Å². The fraction of sp³-hybridized carbons (Fsp3) is 0.208. The van der Waals surface area contributed by atoms with Crippen molar-refractivity contribution < 1.29 is 23.8 Å². The second-order valence-corrected chi connectivity index (χ2v) is 6.90. The number of anilines is 2. The Bertz CT molecular complexity index is 1120. The van der Waals surface area contributed by atoms with Crippen LogP contribution in [0.3, 0.4) is 0 Å². The van der Waals surface area contributed by atoms with Crippen molar-refractivity contribution in [1.82, 2.24) is 0 Å². The molecule has 0 N–H and O–H groups in total. The van der Waals surface area contributed by atoms with Crippen LogP contribution >= 0.6 is 0 Å². The summed E-state index contributed by atoms with van der Waals surface area (Å²) in [4.78, 5) is 28.3. The van der Waals surface area contributed by atoms with Crippen LogP contribution in [0.5, 0.6) is 11.5 Å². The minimum absolute atomic E-state index is 0.0807. The quantitative estimate of drug-likeness (QED) is 0.374. The molecule has 32 heavy (non-hydrogen) atoms. The number of benzene rings is 2. The summed E-state index contributed by atoms with van der Waals surface area (Å²) in [6.45, 7) is -0.542. The van der Waals surface area contributed by atoms with E-state index in [-0.39, 0.29) is 5.57 Å². The zero-order valence-corrected chi connectivity index (χ0v) is 18.3. The van der Waals surface area contributed by atoms with E-state index in [1.54, 1.807) is 42.1 Å². The highest BCUT2D eigenvalue weighted by molar-refractivity contribution is 6.04. The van der Waals surface area contributed by atoms with E-state index in [0.29, 0.717) is 22.9 Å². The third-order valence-corrected chi connectivity index (χ3v) is 5.02. The highest BCUT2D eigenvalue weighted by Crippen LogP contribution is 2.40. The molecular formula is C24H23N3O5. The molecule has 1 aliphatic heterocycles. The van der Waals surface area contributed by atoms with E-state index in [2.05, 4.69) is 0 Å². The number of fused-ring (bicyclic) bond motifs is 1. The number of carbonyl (C=O) groups is 2. The lowest BCUT2D eigenvalue weighted by Crippen LogP contribution is -2.27. The van der Waals surface area contributed by atoms with Crippen LogP contribution in [0.25, 0.3) is 6.08 Å². The van der Waals surface area contributed by atoms with Gasteiger partial charge in [-0.2, -0.15) is 5.26 Å². The summed E-state index contributed by atoms with van der Waals surface area (Å²) in [5.74, 6) is 0.248. The average molecular weight is 433 g/mol. The Hall–Kier alpha value is -4.25. The van der Waals surface area contributed by atoms with Gasteiger partial charge < -0.3 is 24.0 Å². The van der Waals surface area contributed by atoms with Crippen LogP contribution in [0.2, 0.25) is 0 Å². The van der Waals surface area contributed by atoms with Gasteiger partial charge in [-0.15, -0.1) is 0 Å². The van der Waals surface area contributed by atoms with Gasteiger partial charge in [-0.3, -0.25) is 4.79 Å². The molecule has 0 aromatic heterocycles. The van der Waals surface area contributed by atoms with Gasteiger partial charge in [-0.25, -0.2) is 4.79 Å². The molecule has 0 saturated carbocycles. The van der Waals surface area contributed by atoms with Crippen molar-refractivity contribution in [1.29, 1.82) is 5.26 Å². The number of nitrogens with zero attached hydrogens (tertiary/aromatic N) is 3. The predicted octanol–water partition coefficient (Wildman–Crippen LogP) is 3.15. The maximum atomic E-state index is 12.7. The smallest absolute Gasteiger partial charge is 0.331 e. The number of hydrogen-bond acceptors (Lipinski definition) is 8. The van der Waals surface area contributed by atoms with Gasteiger partial charge in [0.1, 0.15) is 17.5 Å². The van der Waals surface area contributed by atoms with Gasteiger partial charge >= 0.3 is 5.97 Å². The van der Waals surface area contributed by atoms with Crippen LogP contribution in [-0.4, -0.2) is 46.7 Å². The first-order valence-electron chi connectivity index (χ1n) is 9.72. The second-order valence-electron chi connectivity index (χ2n) is 6.90. The number of methoxy groups -OCH3 is 2. The minimum Gasteiger partial charge on any atom is -0.493 e. The number of rotatable bonds is 7. The molecule has 0 aliphatic carbocycles. The van der Waals surface area contributed by atoms with E-state index >= 15 is 0 Å². The molecular weight excluding hydrogens is 410 g/mol. The molecule has 0 amide bonds. The zero-order chi connectivity index (χ0) is 23.3. The molecule has 8 nitrogen and oxygen atoms in total. The first kappa shape index (κ1) is 22.4. The standard InChI is InChI=1S/C24H23N3O5/c1-26-18-7-5-6-8-19(18)27(2)24(26)17(14-25)20(28)15-32-23(29)12-10-16-9-11-21(30-3)22(13-16)31-4/h5-13H,15H2,1-4H3/b12-10+. The highest BCUT2D eigenvalue weighted by atomic mass is 16.5. The minimum atomic E-state index is -0.702. The SMILES string of the molecule is COc1ccc(/C=C/C(=O)OCC(=O)C(C#N)=C2N(C)c3ccccc3N2C)cc1OC. The van der Waals surface area contributed by atoms with Crippen LogP contribution in [0.1, 0.15) is 5.56 Å². The summed E-state index contributed by atoms with van der Waals surface area (Å²) >= 11 is 0. The topological polar surface area (TPSA) is 92.1 Å². The molecule has 1 aliphatic rings. The summed E-state index contributed by atoms with van der Waals surface area (Å²) in [5, 5.41) is 9.62. The number of hydrogen-bond donors (Lipinski definition) is 0. The molecule has 0 atom stereocenters. The van der Waals surface area contributed by atoms with Crippen molar-refractivity contribution in [3.8, 4) is 17.6 Å². The normalized spacial score (nSPS) is 12.4. The lowest BCUT2D eigenvalue weighted by Gasteiger charge is -2.19. The van der Waals surface area contributed by atoms with Crippen LogP contribution < -0.4 is 19.3 Å². The summed E-state index contributed by atoms with van der Waals surface area (Å²) in [7, 11) is 6.61. The van der Waals surface area contributed by atoms with Gasteiger partial charge in [-0.05, 0) is 35.9 Å². The maximum Gasteiger partial charge on any atom is 0.331 e. The molecule has 0 spiro atoms. The molecule has 0 unspecified atom stereocenters. The monoisotopic (exact) mass is 433 g/mol. The van der Waals surface area contributed by atoms with Crippen LogP contribution in [-0.2, 0) is 14.3 Å². The third kappa shape index (κ3) is 4.42. The first-order chi connectivity index (χ1) is 15.4. The van der Waals surface area contributed by atoms with Crippen molar-refractivity contribution in [3.05, 3.63) is 65.5 Å². The van der Waals surface area contributed by atoms with Crippen LogP contribution in [0.4, 0.5) is 11.4 Å². The Morgan fingerprint density at radius 2 is 1.62 bits per heavy atom. The number of carbonyl (C=O) groups excluding carboxylic acids is 2. The molecule has 0 bridgehead atoms. The first-order valence-corrected chi connectivity index (χ1v) is 9.72. The van der Waals surface area contributed by atoms with E-state index in [9.17, 15) is 14.9 Å². The molecule has 2 aromatic carbocycles. The molecule has 3 rings (SSSR count). The Balaban J connectivity index is 1.68. The molecule has 164 valence electrons. The maximum absolute atomic E-state index is 12.7. The molecule has 8 heteroatoms. The van der Waals surface area contributed by atoms with Crippen molar-refractivity contribution in [2.75, 3.05) is 44.7 Å². The van der Waals surface area contributed by atoms with Crippen molar-refractivity contribution >= 4 is 29.2 Å². The number of ether oxygens (including phenoxy) is 3. The highest BCUT2D eigenvalue weighted by Gasteiger charge is 2.31. The zero-order valence-electron chi connectivity index (χ0n) is 18.3. The van der Waals surface area contributed by atoms with E-state index in [0.717, 1.165) is 11.4 Å². The van der Waals surface area contributed by atoms with Gasteiger partial charge in [-0.1, -0.05) is 18.2 Å². The van der Waals surface area contributed by atoms with Crippen molar-refractivity contribution in [2.45, 2.75) is 0 Å². The molecule has 2 aromatic rings. The number of nitriles is 1. The summed E-state index contributed by atoms with van der Waals surface area (Å²) in [6.07, 6.45) is 2.74. The Kier molecular flexibility index (Phi) is 6.80. The van der Waals surface area contributed by atoms with E-state index < -0.39 is 18.4 Å². The van der Waals surface area contributed by atoms with Crippen LogP contribution in [0.15, 0.2) is 59.9 Å². The molecule has 0 radical (unpaired) electrons. The largest absolute Gasteiger partial charge is 0.493 e. The number of para-hydroxylation sites is 2. The average Bonchev–Trinajstić information content (AvgIpc) is 3.07. The number of ketones is 1. The fourth-order valence-corrected chi connectivity index (χ4v) is 3.43. The Morgan fingerprint density at radius 1 is 1.00 bits per heavy atom. The second kappa shape index (κ2) is 9.71. The van der Waals surface area contributed by atoms with Gasteiger partial charge in [0, 0.05) is 20.2 Å². The predicted molar refractivity (Wildman–Crippen MR) is 120 cm³/mol. The summed E-state index contributed by atoms with van der Waals surface area (Å²) in [5.41, 5.74) is 2.36. The van der Waals surface area contributed by atoms with Crippen molar-refractivity contribution in [3.63, 3.8) is 0 Å². The molecule has 0 saturated heterocycles. The van der Waals surface area contributed by atoms with Crippen molar-refractivity contribution in [2.24, 2.45) is 0 Å². The molecule has 1 heterocycles. The van der Waals surface area contributed by atoms with E-state index in [1.807, 2.05) is 30.3 Å². The molecule has 0 fully saturated rings. The van der Waals surface area contributed by atoms with Gasteiger partial charge in [0.05, 0.1) is 25.6 Å². The van der Waals surface area contributed by atoms with Crippen LogP contribution in [0, 0.1) is 11.3 Å².